The Morgan fingerprint density at radius 2 is 2.14 bits per heavy atom. The highest BCUT2D eigenvalue weighted by molar-refractivity contribution is 7.91. The summed E-state index contributed by atoms with van der Waals surface area (Å²) >= 11 is 0. The van der Waals surface area contributed by atoms with Crippen LogP contribution in [0, 0.1) is 0 Å². The van der Waals surface area contributed by atoms with Gasteiger partial charge in [0.15, 0.2) is 15.5 Å². The molecule has 0 amide bonds. The van der Waals surface area contributed by atoms with Crippen LogP contribution in [0.4, 0.5) is 5.82 Å². The van der Waals surface area contributed by atoms with Crippen LogP contribution in [0.3, 0.4) is 0 Å². The Morgan fingerprint density at radius 1 is 1.41 bits per heavy atom. The predicted molar refractivity (Wildman–Crippen MR) is 83.1 cm³/mol. The Labute approximate surface area is 128 Å². The normalized spacial score (nSPS) is 15.4. The SMILES string of the molecule is CCS(=O)(=O)c1ccc(N2C=NC=C(C)CC2)nc1C(=O)O. The maximum atomic E-state index is 12.0. The molecule has 2 heterocycles. The Hall–Kier alpha value is -2.22. The van der Waals surface area contributed by atoms with E-state index in [9.17, 15) is 18.3 Å². The van der Waals surface area contributed by atoms with E-state index >= 15 is 0 Å². The van der Waals surface area contributed by atoms with Crippen LogP contribution >= 0.6 is 0 Å². The fraction of sp³-hybridized carbons (Fsp3) is 0.357. The van der Waals surface area contributed by atoms with Crippen LogP contribution < -0.4 is 4.90 Å². The van der Waals surface area contributed by atoms with E-state index in [1.165, 1.54) is 19.1 Å². The summed E-state index contributed by atoms with van der Waals surface area (Å²) in [6, 6.07) is 2.80. The second-order valence-electron chi connectivity index (χ2n) is 4.91. The van der Waals surface area contributed by atoms with Crippen LogP contribution in [-0.2, 0) is 9.84 Å². The van der Waals surface area contributed by atoms with Crippen molar-refractivity contribution in [3.63, 3.8) is 0 Å². The fourth-order valence-corrected chi connectivity index (χ4v) is 3.00. The number of hydrogen-bond acceptors (Lipinski definition) is 6. The molecule has 0 unspecified atom stereocenters. The van der Waals surface area contributed by atoms with Crippen molar-refractivity contribution in [2.75, 3.05) is 17.2 Å². The monoisotopic (exact) mass is 323 g/mol. The van der Waals surface area contributed by atoms with Gasteiger partial charge in [-0.05, 0) is 25.5 Å². The molecular weight excluding hydrogens is 306 g/mol. The highest BCUT2D eigenvalue weighted by atomic mass is 32.2. The molecule has 0 spiro atoms. The van der Waals surface area contributed by atoms with Crippen LogP contribution in [0.2, 0.25) is 0 Å². The minimum absolute atomic E-state index is 0.178. The average Bonchev–Trinajstić information content (AvgIpc) is 2.71. The molecule has 0 saturated carbocycles. The number of hydrogen-bond donors (Lipinski definition) is 1. The zero-order valence-corrected chi connectivity index (χ0v) is 13.2. The van der Waals surface area contributed by atoms with Crippen molar-refractivity contribution in [2.45, 2.75) is 25.2 Å². The number of pyridine rings is 1. The zero-order chi connectivity index (χ0) is 16.3. The van der Waals surface area contributed by atoms with E-state index < -0.39 is 21.5 Å². The van der Waals surface area contributed by atoms with Gasteiger partial charge in [0, 0.05) is 12.7 Å². The summed E-state index contributed by atoms with van der Waals surface area (Å²) in [6.45, 7) is 4.01. The molecule has 0 aliphatic carbocycles. The first kappa shape index (κ1) is 16.2. The molecule has 1 aromatic heterocycles. The number of aromatic nitrogens is 1. The summed E-state index contributed by atoms with van der Waals surface area (Å²) in [4.78, 5) is 20.9. The molecule has 1 aromatic rings. The van der Waals surface area contributed by atoms with Crippen molar-refractivity contribution in [1.82, 2.24) is 4.98 Å². The van der Waals surface area contributed by atoms with E-state index in [2.05, 4.69) is 9.98 Å². The van der Waals surface area contributed by atoms with Crippen LogP contribution in [0.1, 0.15) is 30.8 Å². The van der Waals surface area contributed by atoms with Crippen molar-refractivity contribution in [2.24, 2.45) is 4.99 Å². The lowest BCUT2D eigenvalue weighted by atomic mass is 10.2. The van der Waals surface area contributed by atoms with Crippen LogP contribution in [-0.4, -0.2) is 43.1 Å². The van der Waals surface area contributed by atoms with Crippen LogP contribution in [0.5, 0.6) is 0 Å². The molecule has 7 nitrogen and oxygen atoms in total. The largest absolute Gasteiger partial charge is 0.476 e. The molecular formula is C14H17N3O4S. The van der Waals surface area contributed by atoms with Gasteiger partial charge in [0.2, 0.25) is 0 Å². The van der Waals surface area contributed by atoms with Crippen molar-refractivity contribution in [1.29, 1.82) is 0 Å². The first-order chi connectivity index (χ1) is 10.3. The summed E-state index contributed by atoms with van der Waals surface area (Å²) in [6.07, 6.45) is 4.05. The third-order valence-corrected chi connectivity index (χ3v) is 5.06. The van der Waals surface area contributed by atoms with Gasteiger partial charge in [-0.15, -0.1) is 0 Å². The lowest BCUT2D eigenvalue weighted by Gasteiger charge is -2.18. The molecule has 0 fully saturated rings. The van der Waals surface area contributed by atoms with E-state index in [-0.39, 0.29) is 10.6 Å². The molecule has 1 N–H and O–H groups in total. The molecule has 0 aromatic carbocycles. The number of carboxylic acid groups (broad SMARTS) is 1. The molecule has 22 heavy (non-hydrogen) atoms. The van der Waals surface area contributed by atoms with Gasteiger partial charge in [-0.1, -0.05) is 12.5 Å². The van der Waals surface area contributed by atoms with E-state index in [4.69, 9.17) is 0 Å². The zero-order valence-electron chi connectivity index (χ0n) is 12.4. The standard InChI is InChI=1S/C14H17N3O4S/c1-3-22(20,21)11-4-5-12(16-13(11)14(18)19)17-7-6-10(2)8-15-9-17/h4-5,8-9H,3,6-7H2,1-2H3,(H,18,19). The average molecular weight is 323 g/mol. The van der Waals surface area contributed by atoms with Gasteiger partial charge in [-0.2, -0.15) is 0 Å². The molecule has 118 valence electrons. The Bertz CT molecular complexity index is 753. The molecule has 1 aliphatic rings. The molecule has 0 atom stereocenters. The summed E-state index contributed by atoms with van der Waals surface area (Å²) in [5.74, 6) is -1.18. The number of carbonyl (C=O) groups is 1. The van der Waals surface area contributed by atoms with E-state index in [0.29, 0.717) is 12.4 Å². The maximum absolute atomic E-state index is 12.0. The highest BCUT2D eigenvalue weighted by Crippen LogP contribution is 2.21. The van der Waals surface area contributed by atoms with Gasteiger partial charge in [-0.3, -0.25) is 0 Å². The number of aromatic carboxylic acids is 1. The van der Waals surface area contributed by atoms with E-state index in [1.807, 2.05) is 6.92 Å². The summed E-state index contributed by atoms with van der Waals surface area (Å²) in [5.41, 5.74) is 0.643. The lowest BCUT2D eigenvalue weighted by Crippen LogP contribution is -2.24. The van der Waals surface area contributed by atoms with E-state index in [1.54, 1.807) is 17.4 Å². The number of nitrogens with zero attached hydrogens (tertiary/aromatic N) is 3. The number of carboxylic acids is 1. The third-order valence-electron chi connectivity index (χ3n) is 3.30. The van der Waals surface area contributed by atoms with Gasteiger partial charge in [-0.25, -0.2) is 23.2 Å². The van der Waals surface area contributed by atoms with Crippen molar-refractivity contribution < 1.29 is 18.3 Å². The Balaban J connectivity index is 2.45. The first-order valence-corrected chi connectivity index (χ1v) is 8.43. The van der Waals surface area contributed by atoms with Gasteiger partial charge in [0.05, 0.1) is 12.1 Å². The van der Waals surface area contributed by atoms with Crippen LogP contribution in [0.25, 0.3) is 0 Å². The lowest BCUT2D eigenvalue weighted by molar-refractivity contribution is 0.0686. The Kier molecular flexibility index (Phi) is 4.60. The van der Waals surface area contributed by atoms with Crippen molar-refractivity contribution in [3.8, 4) is 0 Å². The maximum Gasteiger partial charge on any atom is 0.355 e. The van der Waals surface area contributed by atoms with E-state index in [0.717, 1.165) is 12.0 Å². The third kappa shape index (κ3) is 3.33. The van der Waals surface area contributed by atoms with Crippen molar-refractivity contribution >= 4 is 28.0 Å². The fourth-order valence-electron chi connectivity index (χ4n) is 1.99. The smallest absolute Gasteiger partial charge is 0.355 e. The van der Waals surface area contributed by atoms with Gasteiger partial charge < -0.3 is 10.0 Å². The summed E-state index contributed by atoms with van der Waals surface area (Å²) in [7, 11) is -3.64. The Morgan fingerprint density at radius 3 is 2.77 bits per heavy atom. The quantitative estimate of drug-likeness (QED) is 0.905. The number of anilines is 1. The molecule has 8 heteroatoms. The molecule has 0 bridgehead atoms. The van der Waals surface area contributed by atoms with Crippen molar-refractivity contribution in [3.05, 3.63) is 29.6 Å². The second kappa shape index (κ2) is 6.27. The van der Waals surface area contributed by atoms with Crippen LogP contribution in [0.15, 0.2) is 33.8 Å². The number of sulfone groups is 1. The summed E-state index contributed by atoms with van der Waals surface area (Å²) < 4.78 is 23.9. The minimum atomic E-state index is -3.64. The summed E-state index contributed by atoms with van der Waals surface area (Å²) in [5, 5.41) is 9.26. The predicted octanol–water partition coefficient (Wildman–Crippen LogP) is 1.72. The minimum Gasteiger partial charge on any atom is -0.476 e. The molecule has 0 saturated heterocycles. The molecule has 0 radical (unpaired) electrons. The second-order valence-corrected chi connectivity index (χ2v) is 7.15. The van der Waals surface area contributed by atoms with Gasteiger partial charge in [0.25, 0.3) is 0 Å². The number of aliphatic imine (C=N–C) groups is 1. The molecule has 2 rings (SSSR count). The van der Waals surface area contributed by atoms with Gasteiger partial charge >= 0.3 is 5.97 Å². The molecule has 1 aliphatic heterocycles. The highest BCUT2D eigenvalue weighted by Gasteiger charge is 2.24. The number of rotatable bonds is 4. The first-order valence-electron chi connectivity index (χ1n) is 6.78. The topological polar surface area (TPSA) is 99.9 Å². The van der Waals surface area contributed by atoms with Gasteiger partial charge in [0.1, 0.15) is 10.7 Å².